The number of rotatable bonds is 5. The first-order chi connectivity index (χ1) is 9.20. The van der Waals surface area contributed by atoms with Crippen LogP contribution in [-0.2, 0) is 0 Å². The molecule has 1 heterocycles. The molecule has 0 fully saturated rings. The second-order valence-electron chi connectivity index (χ2n) is 3.73. The first-order valence-electron chi connectivity index (χ1n) is 5.49. The molecule has 0 unspecified atom stereocenters. The van der Waals surface area contributed by atoms with E-state index < -0.39 is 4.92 Å². The third kappa shape index (κ3) is 3.26. The minimum absolute atomic E-state index is 0.0220. The summed E-state index contributed by atoms with van der Waals surface area (Å²) in [4.78, 5) is 14.1. The quantitative estimate of drug-likeness (QED) is 0.668. The van der Waals surface area contributed by atoms with E-state index in [2.05, 4.69) is 16.4 Å². The summed E-state index contributed by atoms with van der Waals surface area (Å²) in [5.74, 6) is 0. The minimum Gasteiger partial charge on any atom is -0.353 e. The first kappa shape index (κ1) is 13.0. The van der Waals surface area contributed by atoms with Crippen LogP contribution in [0.2, 0.25) is 0 Å². The van der Waals surface area contributed by atoms with Gasteiger partial charge in [0.2, 0.25) is 0 Å². The van der Waals surface area contributed by atoms with Crippen molar-refractivity contribution in [3.05, 3.63) is 52.2 Å². The average molecular weight is 274 g/mol. The van der Waals surface area contributed by atoms with Crippen molar-refractivity contribution in [1.82, 2.24) is 4.98 Å². The second-order valence-corrected chi connectivity index (χ2v) is 4.74. The van der Waals surface area contributed by atoms with E-state index in [1.807, 2.05) is 30.3 Å². The Hall–Kier alpha value is -2.46. The zero-order valence-electron chi connectivity index (χ0n) is 9.81. The number of hydrogen-bond acceptors (Lipinski definition) is 6. The van der Waals surface area contributed by atoms with Gasteiger partial charge < -0.3 is 5.32 Å². The van der Waals surface area contributed by atoms with Crippen LogP contribution < -0.4 is 5.32 Å². The van der Waals surface area contributed by atoms with Gasteiger partial charge in [0, 0.05) is 0 Å². The molecule has 0 aliphatic carbocycles. The maximum Gasteiger partial charge on any atom is 0.345 e. The lowest BCUT2D eigenvalue weighted by Crippen LogP contribution is -2.09. The van der Waals surface area contributed by atoms with E-state index in [4.69, 9.17) is 5.26 Å². The predicted molar refractivity (Wildman–Crippen MR) is 71.8 cm³/mol. The molecule has 7 heteroatoms. The van der Waals surface area contributed by atoms with Crippen LogP contribution in [0, 0.1) is 21.4 Å². The van der Waals surface area contributed by atoms with Crippen LogP contribution in [-0.4, -0.2) is 9.91 Å². The number of aromatic nitrogens is 1. The summed E-state index contributed by atoms with van der Waals surface area (Å²) >= 11 is 0.959. The van der Waals surface area contributed by atoms with Crippen molar-refractivity contribution >= 4 is 21.5 Å². The lowest BCUT2D eigenvalue weighted by atomic mass is 10.1. The highest BCUT2D eigenvalue weighted by molar-refractivity contribution is 7.18. The van der Waals surface area contributed by atoms with Crippen LogP contribution in [0.4, 0.5) is 10.1 Å². The van der Waals surface area contributed by atoms with Crippen molar-refractivity contribution in [2.24, 2.45) is 0 Å². The van der Waals surface area contributed by atoms with E-state index in [0.29, 0.717) is 5.13 Å². The highest BCUT2D eigenvalue weighted by Crippen LogP contribution is 2.29. The van der Waals surface area contributed by atoms with Gasteiger partial charge in [0.1, 0.15) is 6.20 Å². The number of nitriles is 1. The van der Waals surface area contributed by atoms with Crippen molar-refractivity contribution in [1.29, 1.82) is 5.26 Å². The van der Waals surface area contributed by atoms with E-state index in [-0.39, 0.29) is 17.5 Å². The molecule has 0 amide bonds. The molecule has 1 aromatic heterocycles. The molecular formula is C12H10N4O2S. The molecule has 6 nitrogen and oxygen atoms in total. The minimum atomic E-state index is -0.481. The van der Waals surface area contributed by atoms with Crippen LogP contribution in [0.25, 0.3) is 0 Å². The third-order valence-corrected chi connectivity index (χ3v) is 3.35. The Morgan fingerprint density at radius 1 is 1.47 bits per heavy atom. The molecule has 2 rings (SSSR count). The van der Waals surface area contributed by atoms with Gasteiger partial charge in [-0.1, -0.05) is 30.3 Å². The molecule has 0 saturated heterocycles. The lowest BCUT2D eigenvalue weighted by Gasteiger charge is -2.14. The van der Waals surface area contributed by atoms with E-state index in [1.54, 1.807) is 0 Å². The fourth-order valence-electron chi connectivity index (χ4n) is 1.59. The highest BCUT2D eigenvalue weighted by atomic mass is 32.1. The van der Waals surface area contributed by atoms with Gasteiger partial charge >= 0.3 is 5.00 Å². The molecule has 0 bridgehead atoms. The van der Waals surface area contributed by atoms with Crippen molar-refractivity contribution in [3.8, 4) is 6.07 Å². The number of benzene rings is 1. The van der Waals surface area contributed by atoms with Crippen molar-refractivity contribution in [2.75, 3.05) is 5.32 Å². The summed E-state index contributed by atoms with van der Waals surface area (Å²) in [6.45, 7) is 0. The normalized spacial score (nSPS) is 11.5. The summed E-state index contributed by atoms with van der Waals surface area (Å²) < 4.78 is 0. The predicted octanol–water partition coefficient (Wildman–Crippen LogP) is 3.12. The largest absolute Gasteiger partial charge is 0.353 e. The van der Waals surface area contributed by atoms with Crippen LogP contribution in [0.1, 0.15) is 18.0 Å². The maximum atomic E-state index is 10.6. The fourth-order valence-corrected chi connectivity index (χ4v) is 2.28. The summed E-state index contributed by atoms with van der Waals surface area (Å²) in [6.07, 6.45) is 1.47. The van der Waals surface area contributed by atoms with Gasteiger partial charge in [0.25, 0.3) is 0 Å². The molecule has 0 saturated carbocycles. The molecule has 96 valence electrons. The number of nitrogens with one attached hydrogen (secondary N) is 1. The van der Waals surface area contributed by atoms with Crippen LogP contribution >= 0.6 is 11.3 Å². The Morgan fingerprint density at radius 2 is 2.21 bits per heavy atom. The van der Waals surface area contributed by atoms with Gasteiger partial charge in [0.15, 0.2) is 5.13 Å². The van der Waals surface area contributed by atoms with Gasteiger partial charge in [-0.3, -0.25) is 10.1 Å². The number of thiazole rings is 1. The smallest absolute Gasteiger partial charge is 0.345 e. The average Bonchev–Trinajstić information content (AvgIpc) is 2.88. The molecule has 0 aliphatic rings. The number of nitro groups is 1. The Bertz CT molecular complexity index is 606. The van der Waals surface area contributed by atoms with Crippen molar-refractivity contribution in [3.63, 3.8) is 0 Å². The molecule has 0 aliphatic heterocycles. The molecular weight excluding hydrogens is 264 g/mol. The standard InChI is InChI=1S/C12H10N4O2S/c13-7-6-10(9-4-2-1-3-5-9)15-12-14-8-11(19-12)16(17)18/h1-5,8,10H,6H2,(H,14,15)/t10-/m1/s1. The second kappa shape index (κ2) is 5.93. The summed E-state index contributed by atoms with van der Waals surface area (Å²) in [7, 11) is 0. The highest BCUT2D eigenvalue weighted by Gasteiger charge is 2.16. The van der Waals surface area contributed by atoms with Crippen molar-refractivity contribution < 1.29 is 4.92 Å². The zero-order chi connectivity index (χ0) is 13.7. The SMILES string of the molecule is N#CC[C@@H](Nc1ncc([N+](=O)[O-])s1)c1ccccc1. The molecule has 0 radical (unpaired) electrons. The summed E-state index contributed by atoms with van der Waals surface area (Å²) in [6, 6.07) is 11.3. The molecule has 0 spiro atoms. The van der Waals surface area contributed by atoms with E-state index in [0.717, 1.165) is 16.9 Å². The van der Waals surface area contributed by atoms with Gasteiger partial charge in [-0.25, -0.2) is 4.98 Å². The summed E-state index contributed by atoms with van der Waals surface area (Å²) in [5, 5.41) is 22.9. The van der Waals surface area contributed by atoms with Gasteiger partial charge in [-0.05, 0) is 16.9 Å². The zero-order valence-corrected chi connectivity index (χ0v) is 10.6. The Balaban J connectivity index is 2.17. The third-order valence-electron chi connectivity index (χ3n) is 2.47. The molecule has 1 N–H and O–H groups in total. The topological polar surface area (TPSA) is 91.8 Å². The maximum absolute atomic E-state index is 10.6. The molecule has 1 aromatic carbocycles. The van der Waals surface area contributed by atoms with Crippen LogP contribution in [0.5, 0.6) is 0 Å². The van der Waals surface area contributed by atoms with Crippen LogP contribution in [0.3, 0.4) is 0 Å². The first-order valence-corrected chi connectivity index (χ1v) is 6.31. The van der Waals surface area contributed by atoms with Crippen LogP contribution in [0.15, 0.2) is 36.5 Å². The van der Waals surface area contributed by atoms with Gasteiger partial charge in [-0.2, -0.15) is 5.26 Å². The van der Waals surface area contributed by atoms with Crippen molar-refractivity contribution in [2.45, 2.75) is 12.5 Å². The monoisotopic (exact) mass is 274 g/mol. The van der Waals surface area contributed by atoms with E-state index in [9.17, 15) is 10.1 Å². The molecule has 19 heavy (non-hydrogen) atoms. The van der Waals surface area contributed by atoms with Gasteiger partial charge in [-0.15, -0.1) is 0 Å². The van der Waals surface area contributed by atoms with Gasteiger partial charge in [0.05, 0.1) is 23.5 Å². The number of hydrogen-bond donors (Lipinski definition) is 1. The Labute approximate surface area is 113 Å². The molecule has 2 aromatic rings. The lowest BCUT2D eigenvalue weighted by molar-refractivity contribution is -0.380. The Kier molecular flexibility index (Phi) is 4.05. The molecule has 1 atom stereocenters. The van der Waals surface area contributed by atoms with E-state index in [1.165, 1.54) is 6.20 Å². The Morgan fingerprint density at radius 3 is 2.79 bits per heavy atom. The number of nitrogens with zero attached hydrogens (tertiary/aromatic N) is 3. The number of anilines is 1. The summed E-state index contributed by atoms with van der Waals surface area (Å²) in [5.41, 5.74) is 0.946. The van der Waals surface area contributed by atoms with E-state index >= 15 is 0 Å². The fraction of sp³-hybridized carbons (Fsp3) is 0.167.